The molecule has 0 unspecified atom stereocenters. The zero-order valence-electron chi connectivity index (χ0n) is 14.2. The molecule has 24 heavy (non-hydrogen) atoms. The van der Waals surface area contributed by atoms with E-state index < -0.39 is 6.10 Å². The van der Waals surface area contributed by atoms with Gasteiger partial charge in [0.05, 0.1) is 11.2 Å². The third-order valence-electron chi connectivity index (χ3n) is 4.41. The number of aromatic nitrogens is 1. The average molecular weight is 329 g/mol. The van der Waals surface area contributed by atoms with Crippen LogP contribution in [-0.4, -0.2) is 66.8 Å². The van der Waals surface area contributed by atoms with Crippen LogP contribution in [0.4, 0.5) is 5.82 Å². The molecule has 7 heteroatoms. The lowest BCUT2D eigenvalue weighted by Crippen LogP contribution is -2.59. The Labute approximate surface area is 142 Å². The van der Waals surface area contributed by atoms with E-state index in [0.717, 1.165) is 25.5 Å². The number of hydrogen-bond donors (Lipinski definition) is 1. The smallest absolute Gasteiger partial charge is 0.253 e. The summed E-state index contributed by atoms with van der Waals surface area (Å²) in [6, 6.07) is 5.69. The monoisotopic (exact) mass is 329 g/mol. The minimum Gasteiger partial charge on any atom is -0.360 e. The highest BCUT2D eigenvalue weighted by Gasteiger charge is 2.35. The molecule has 2 aliphatic rings. The van der Waals surface area contributed by atoms with Crippen LogP contribution in [0.5, 0.6) is 0 Å². The molecule has 128 valence electrons. The maximum Gasteiger partial charge on any atom is 0.253 e. The number of anilines is 1. The number of nitriles is 1. The Hall–Kier alpha value is -2.17. The van der Waals surface area contributed by atoms with Crippen molar-refractivity contribution in [3.63, 3.8) is 0 Å². The van der Waals surface area contributed by atoms with Crippen LogP contribution in [0.2, 0.25) is 0 Å². The summed E-state index contributed by atoms with van der Waals surface area (Å²) < 4.78 is 5.92. The molecule has 0 saturated carbocycles. The predicted octanol–water partition coefficient (Wildman–Crippen LogP) is 0.369. The summed E-state index contributed by atoms with van der Waals surface area (Å²) in [6.07, 6.45) is 1.17. The zero-order chi connectivity index (χ0) is 17.2. The van der Waals surface area contributed by atoms with Crippen molar-refractivity contribution in [3.8, 4) is 6.07 Å². The van der Waals surface area contributed by atoms with Crippen LogP contribution in [0.15, 0.2) is 18.3 Å². The van der Waals surface area contributed by atoms with Gasteiger partial charge in [-0.05, 0) is 26.0 Å². The number of pyridine rings is 1. The molecule has 1 amide bonds. The van der Waals surface area contributed by atoms with Crippen molar-refractivity contribution in [1.82, 2.24) is 15.2 Å². The number of carbonyl (C=O) groups is 1. The Morgan fingerprint density at radius 3 is 2.71 bits per heavy atom. The van der Waals surface area contributed by atoms with E-state index in [9.17, 15) is 4.79 Å². The average Bonchev–Trinajstić information content (AvgIpc) is 2.60. The summed E-state index contributed by atoms with van der Waals surface area (Å²) in [6.45, 7) is 8.08. The molecule has 0 bridgehead atoms. The molecule has 1 N–H and O–H groups in total. The van der Waals surface area contributed by atoms with E-state index in [1.807, 2.05) is 24.8 Å². The number of morpholine rings is 1. The molecule has 2 aliphatic heterocycles. The lowest BCUT2D eigenvalue weighted by Gasteiger charge is -2.40. The van der Waals surface area contributed by atoms with Crippen molar-refractivity contribution in [1.29, 1.82) is 5.26 Å². The molecule has 2 fully saturated rings. The topological polar surface area (TPSA) is 81.5 Å². The van der Waals surface area contributed by atoms with Crippen molar-refractivity contribution in [2.75, 3.05) is 44.2 Å². The minimum atomic E-state index is -0.409. The fourth-order valence-electron chi connectivity index (χ4n) is 3.11. The van der Waals surface area contributed by atoms with Crippen molar-refractivity contribution >= 4 is 11.7 Å². The highest BCUT2D eigenvalue weighted by Crippen LogP contribution is 2.19. The first-order valence-corrected chi connectivity index (χ1v) is 8.27. The molecule has 0 aliphatic carbocycles. The van der Waals surface area contributed by atoms with E-state index in [2.05, 4.69) is 21.3 Å². The molecule has 2 saturated heterocycles. The molecular weight excluding hydrogens is 306 g/mol. The molecule has 0 aromatic carbocycles. The van der Waals surface area contributed by atoms with E-state index in [0.29, 0.717) is 25.2 Å². The molecular formula is C17H23N5O2. The van der Waals surface area contributed by atoms with E-state index in [1.165, 1.54) is 0 Å². The first-order chi connectivity index (χ1) is 11.5. The number of nitrogens with zero attached hydrogens (tertiary/aromatic N) is 4. The number of ether oxygens (including phenoxy) is 1. The van der Waals surface area contributed by atoms with Gasteiger partial charge in [-0.25, -0.2) is 4.98 Å². The van der Waals surface area contributed by atoms with Crippen LogP contribution in [0.1, 0.15) is 19.4 Å². The largest absolute Gasteiger partial charge is 0.360 e. The summed E-state index contributed by atoms with van der Waals surface area (Å²) in [7, 11) is 0. The Bertz CT molecular complexity index is 629. The molecule has 1 atom stereocenters. The second kappa shape index (κ2) is 6.75. The number of piperazine rings is 1. The standard InChI is InChI=1S/C17H23N5O2/c1-17(2)12-19-11-14(24-17)16(23)22-7-5-21(6-8-22)15-4-3-13(9-18)10-20-15/h3-4,10,14,19H,5-8,11-12H2,1-2H3/t14-/m1/s1. The normalized spacial score (nSPS) is 23.6. The summed E-state index contributed by atoms with van der Waals surface area (Å²) in [5.74, 6) is 0.903. The van der Waals surface area contributed by atoms with Crippen LogP contribution < -0.4 is 10.2 Å². The van der Waals surface area contributed by atoms with Gasteiger partial charge in [0.1, 0.15) is 18.0 Å². The Morgan fingerprint density at radius 2 is 2.12 bits per heavy atom. The molecule has 7 nitrogen and oxygen atoms in total. The van der Waals surface area contributed by atoms with Crippen LogP contribution in [0.25, 0.3) is 0 Å². The van der Waals surface area contributed by atoms with Crippen LogP contribution in [0, 0.1) is 11.3 Å². The Morgan fingerprint density at radius 1 is 1.38 bits per heavy atom. The van der Waals surface area contributed by atoms with Gasteiger partial charge in [-0.1, -0.05) is 0 Å². The highest BCUT2D eigenvalue weighted by molar-refractivity contribution is 5.81. The third kappa shape index (κ3) is 3.66. The van der Waals surface area contributed by atoms with Crippen LogP contribution in [-0.2, 0) is 9.53 Å². The highest BCUT2D eigenvalue weighted by atomic mass is 16.5. The summed E-state index contributed by atoms with van der Waals surface area (Å²) in [4.78, 5) is 21.0. The summed E-state index contributed by atoms with van der Waals surface area (Å²) in [5.41, 5.74) is 0.240. The fraction of sp³-hybridized carbons (Fsp3) is 0.588. The summed E-state index contributed by atoms with van der Waals surface area (Å²) >= 11 is 0. The first kappa shape index (κ1) is 16.7. The van der Waals surface area contributed by atoms with Gasteiger partial charge < -0.3 is 19.9 Å². The van der Waals surface area contributed by atoms with Gasteiger partial charge in [0.2, 0.25) is 0 Å². The van der Waals surface area contributed by atoms with Crippen LogP contribution >= 0.6 is 0 Å². The predicted molar refractivity (Wildman–Crippen MR) is 89.6 cm³/mol. The number of rotatable bonds is 2. The number of hydrogen-bond acceptors (Lipinski definition) is 6. The number of carbonyl (C=O) groups excluding carboxylic acids is 1. The maximum atomic E-state index is 12.7. The van der Waals surface area contributed by atoms with Crippen molar-refractivity contribution in [2.45, 2.75) is 25.6 Å². The number of amides is 1. The lowest BCUT2D eigenvalue weighted by molar-refractivity contribution is -0.159. The van der Waals surface area contributed by atoms with Gasteiger partial charge in [-0.2, -0.15) is 5.26 Å². The first-order valence-electron chi connectivity index (χ1n) is 8.27. The second-order valence-electron chi connectivity index (χ2n) is 6.83. The Kier molecular flexibility index (Phi) is 4.69. The molecule has 0 radical (unpaired) electrons. The lowest BCUT2D eigenvalue weighted by atomic mass is 10.1. The molecule has 3 heterocycles. The van der Waals surface area contributed by atoms with Crippen molar-refractivity contribution in [2.24, 2.45) is 0 Å². The van der Waals surface area contributed by atoms with Gasteiger partial charge in [-0.3, -0.25) is 4.79 Å². The van der Waals surface area contributed by atoms with Gasteiger partial charge in [0, 0.05) is 45.5 Å². The molecule has 1 aromatic rings. The third-order valence-corrected chi connectivity index (χ3v) is 4.41. The van der Waals surface area contributed by atoms with Crippen molar-refractivity contribution < 1.29 is 9.53 Å². The van der Waals surface area contributed by atoms with E-state index in [1.54, 1.807) is 12.3 Å². The van der Waals surface area contributed by atoms with E-state index in [-0.39, 0.29) is 11.5 Å². The van der Waals surface area contributed by atoms with Gasteiger partial charge in [0.15, 0.2) is 0 Å². The second-order valence-corrected chi connectivity index (χ2v) is 6.83. The van der Waals surface area contributed by atoms with Crippen LogP contribution in [0.3, 0.4) is 0 Å². The SMILES string of the molecule is CC1(C)CNC[C@H](C(=O)N2CCN(c3ccc(C#N)cn3)CC2)O1. The quantitative estimate of drug-likeness (QED) is 0.844. The summed E-state index contributed by atoms with van der Waals surface area (Å²) in [5, 5.41) is 12.1. The zero-order valence-corrected chi connectivity index (χ0v) is 14.2. The maximum absolute atomic E-state index is 12.7. The fourth-order valence-corrected chi connectivity index (χ4v) is 3.11. The van der Waals surface area contributed by atoms with Gasteiger partial charge >= 0.3 is 0 Å². The molecule has 3 rings (SSSR count). The van der Waals surface area contributed by atoms with Crippen molar-refractivity contribution in [3.05, 3.63) is 23.9 Å². The van der Waals surface area contributed by atoms with E-state index in [4.69, 9.17) is 10.00 Å². The van der Waals surface area contributed by atoms with Gasteiger partial charge in [0.25, 0.3) is 5.91 Å². The molecule has 0 spiro atoms. The number of nitrogens with one attached hydrogen (secondary N) is 1. The Balaban J connectivity index is 1.56. The minimum absolute atomic E-state index is 0.0581. The van der Waals surface area contributed by atoms with E-state index >= 15 is 0 Å². The van der Waals surface area contributed by atoms with Gasteiger partial charge in [-0.15, -0.1) is 0 Å². The molecule has 1 aromatic heterocycles.